The van der Waals surface area contributed by atoms with E-state index >= 15 is 0 Å². The van der Waals surface area contributed by atoms with E-state index in [0.717, 1.165) is 19.6 Å². The van der Waals surface area contributed by atoms with Crippen molar-refractivity contribution < 1.29 is 14.6 Å². The van der Waals surface area contributed by atoms with Crippen LogP contribution in [0.25, 0.3) is 0 Å². The number of hydrogen-bond donors (Lipinski definition) is 2. The fraction of sp³-hybridized carbons (Fsp3) is 0.929. The number of nitrogens with one attached hydrogen (secondary N) is 1. The highest BCUT2D eigenvalue weighted by molar-refractivity contribution is 5.78. The van der Waals surface area contributed by atoms with Crippen LogP contribution in [0.3, 0.4) is 0 Å². The summed E-state index contributed by atoms with van der Waals surface area (Å²) in [5.41, 5.74) is -1.00. The van der Waals surface area contributed by atoms with Crippen LogP contribution in [0.15, 0.2) is 0 Å². The second kappa shape index (κ2) is 6.20. The molecule has 0 saturated carbocycles. The first-order chi connectivity index (χ1) is 8.68. The second-order valence-corrected chi connectivity index (χ2v) is 6.34. The molecule has 2 unspecified atom stereocenters. The lowest BCUT2D eigenvalue weighted by Gasteiger charge is -2.42. The lowest BCUT2D eigenvalue weighted by molar-refractivity contribution is -0.146. The molecule has 2 atom stereocenters. The third kappa shape index (κ3) is 4.75. The molecule has 5 heteroatoms. The van der Waals surface area contributed by atoms with E-state index in [4.69, 9.17) is 4.74 Å². The number of hydrogen-bond acceptors (Lipinski definition) is 4. The summed E-state index contributed by atoms with van der Waals surface area (Å²) >= 11 is 0. The highest BCUT2D eigenvalue weighted by atomic mass is 16.5. The van der Waals surface area contributed by atoms with Crippen molar-refractivity contribution in [2.24, 2.45) is 0 Å². The molecule has 0 aliphatic carbocycles. The molecule has 0 aromatic carbocycles. The van der Waals surface area contributed by atoms with Gasteiger partial charge in [0.25, 0.3) is 0 Å². The van der Waals surface area contributed by atoms with Gasteiger partial charge in [0.05, 0.1) is 11.7 Å². The Morgan fingerprint density at radius 2 is 2.21 bits per heavy atom. The Balaban J connectivity index is 2.57. The molecule has 0 spiro atoms. The van der Waals surface area contributed by atoms with Gasteiger partial charge < -0.3 is 15.2 Å². The molecule has 1 fully saturated rings. The number of rotatable bonds is 6. The van der Waals surface area contributed by atoms with Crippen LogP contribution in [0.4, 0.5) is 0 Å². The van der Waals surface area contributed by atoms with E-state index in [9.17, 15) is 9.90 Å². The van der Waals surface area contributed by atoms with Crippen molar-refractivity contribution in [2.45, 2.75) is 58.3 Å². The van der Waals surface area contributed by atoms with Crippen LogP contribution in [0.5, 0.6) is 0 Å². The molecule has 0 aromatic rings. The summed E-state index contributed by atoms with van der Waals surface area (Å²) in [6, 6.07) is 0. The lowest BCUT2D eigenvalue weighted by atomic mass is 9.96. The van der Waals surface area contributed by atoms with Crippen LogP contribution in [0.1, 0.15) is 41.0 Å². The number of carboxylic acids is 1. The molecule has 1 aliphatic rings. The van der Waals surface area contributed by atoms with Gasteiger partial charge in [0.15, 0.2) is 0 Å². The zero-order chi connectivity index (χ0) is 14.7. The first kappa shape index (κ1) is 16.4. The molecule has 19 heavy (non-hydrogen) atoms. The summed E-state index contributed by atoms with van der Waals surface area (Å²) in [5, 5.41) is 12.4. The quantitative estimate of drug-likeness (QED) is 0.764. The van der Waals surface area contributed by atoms with Gasteiger partial charge in [-0.05, 0) is 40.7 Å². The Morgan fingerprint density at radius 1 is 1.58 bits per heavy atom. The van der Waals surface area contributed by atoms with Crippen LogP contribution >= 0.6 is 0 Å². The number of carboxylic acid groups (broad SMARTS) is 1. The minimum Gasteiger partial charge on any atom is -0.480 e. The zero-order valence-electron chi connectivity index (χ0n) is 12.8. The smallest absolute Gasteiger partial charge is 0.323 e. The third-order valence-electron chi connectivity index (χ3n) is 3.61. The molecular weight excluding hydrogens is 244 g/mol. The fourth-order valence-corrected chi connectivity index (χ4v) is 2.80. The second-order valence-electron chi connectivity index (χ2n) is 6.34. The maximum atomic E-state index is 11.4. The van der Waals surface area contributed by atoms with E-state index in [1.807, 2.05) is 6.92 Å². The minimum atomic E-state index is -0.847. The number of ether oxygens (including phenoxy) is 1. The maximum absolute atomic E-state index is 11.4. The molecule has 1 heterocycles. The molecule has 0 amide bonds. The molecule has 0 bridgehead atoms. The van der Waals surface area contributed by atoms with E-state index in [0.29, 0.717) is 13.0 Å². The predicted molar refractivity (Wildman–Crippen MR) is 75.4 cm³/mol. The summed E-state index contributed by atoms with van der Waals surface area (Å²) < 4.78 is 5.86. The summed E-state index contributed by atoms with van der Waals surface area (Å²) in [6.07, 6.45) is 0.790. The van der Waals surface area contributed by atoms with Gasteiger partial charge in [-0.3, -0.25) is 9.69 Å². The van der Waals surface area contributed by atoms with Gasteiger partial charge >= 0.3 is 5.97 Å². The molecule has 1 saturated heterocycles. The van der Waals surface area contributed by atoms with E-state index < -0.39 is 11.5 Å². The van der Waals surface area contributed by atoms with E-state index in [-0.39, 0.29) is 11.7 Å². The largest absolute Gasteiger partial charge is 0.480 e. The summed E-state index contributed by atoms with van der Waals surface area (Å²) in [7, 11) is 0. The number of carbonyl (C=O) groups is 1. The van der Waals surface area contributed by atoms with Crippen molar-refractivity contribution in [3.05, 3.63) is 0 Å². The van der Waals surface area contributed by atoms with Crippen LogP contribution in [0, 0.1) is 0 Å². The van der Waals surface area contributed by atoms with Crippen molar-refractivity contribution in [3.8, 4) is 0 Å². The third-order valence-corrected chi connectivity index (χ3v) is 3.61. The van der Waals surface area contributed by atoms with Gasteiger partial charge in [0.2, 0.25) is 0 Å². The van der Waals surface area contributed by atoms with E-state index in [2.05, 4.69) is 31.0 Å². The number of likely N-dealkylation sites (N-methyl/N-ethyl adjacent to an activating group) is 1. The molecular formula is C14H28N2O3. The molecule has 5 nitrogen and oxygen atoms in total. The molecule has 2 N–H and O–H groups in total. The Hall–Kier alpha value is -0.650. The summed E-state index contributed by atoms with van der Waals surface area (Å²) in [6.45, 7) is 13.1. The van der Waals surface area contributed by atoms with Crippen molar-refractivity contribution >= 4 is 5.97 Å². The number of nitrogens with zero attached hydrogens (tertiary/aromatic N) is 1. The Bertz CT molecular complexity index is 320. The zero-order valence-corrected chi connectivity index (χ0v) is 12.8. The summed E-state index contributed by atoms with van der Waals surface area (Å²) in [5.74, 6) is -0.782. The highest BCUT2D eigenvalue weighted by Crippen LogP contribution is 2.22. The van der Waals surface area contributed by atoms with Gasteiger partial charge in [-0.1, -0.05) is 6.92 Å². The lowest BCUT2D eigenvalue weighted by Crippen LogP contribution is -2.55. The number of aliphatic carboxylic acids is 1. The predicted octanol–water partition coefficient (Wildman–Crippen LogP) is 1.33. The molecule has 0 radical (unpaired) electrons. The van der Waals surface area contributed by atoms with Crippen LogP contribution in [-0.4, -0.2) is 59.4 Å². The van der Waals surface area contributed by atoms with Crippen molar-refractivity contribution in [2.75, 3.05) is 26.2 Å². The normalized spacial score (nSPS) is 26.9. The van der Waals surface area contributed by atoms with Crippen LogP contribution in [-0.2, 0) is 9.53 Å². The SMILES string of the molecule is CCNC(C)(CCN1CC(C)OC(C)(C)C1)C(=O)O. The van der Waals surface area contributed by atoms with Crippen molar-refractivity contribution in [1.29, 1.82) is 0 Å². The summed E-state index contributed by atoms with van der Waals surface area (Å²) in [4.78, 5) is 13.7. The Kier molecular flexibility index (Phi) is 5.35. The Morgan fingerprint density at radius 3 is 2.68 bits per heavy atom. The molecule has 1 rings (SSSR count). The first-order valence-electron chi connectivity index (χ1n) is 7.07. The van der Waals surface area contributed by atoms with Crippen LogP contribution in [0.2, 0.25) is 0 Å². The maximum Gasteiger partial charge on any atom is 0.323 e. The van der Waals surface area contributed by atoms with Gasteiger partial charge in [0.1, 0.15) is 5.54 Å². The van der Waals surface area contributed by atoms with Crippen LogP contribution < -0.4 is 5.32 Å². The molecule has 0 aromatic heterocycles. The van der Waals surface area contributed by atoms with Gasteiger partial charge in [-0.2, -0.15) is 0 Å². The van der Waals surface area contributed by atoms with Gasteiger partial charge in [0, 0.05) is 19.6 Å². The number of morpholine rings is 1. The first-order valence-corrected chi connectivity index (χ1v) is 7.07. The average Bonchev–Trinajstić information content (AvgIpc) is 2.24. The standard InChI is InChI=1S/C14H28N2O3/c1-6-15-14(5,12(17)18)7-8-16-9-11(2)19-13(3,4)10-16/h11,15H,6-10H2,1-5H3,(H,17,18). The average molecular weight is 272 g/mol. The van der Waals surface area contributed by atoms with E-state index in [1.54, 1.807) is 6.92 Å². The van der Waals surface area contributed by atoms with Crippen molar-refractivity contribution in [1.82, 2.24) is 10.2 Å². The monoisotopic (exact) mass is 272 g/mol. The minimum absolute atomic E-state index is 0.157. The Labute approximate surface area is 116 Å². The van der Waals surface area contributed by atoms with Gasteiger partial charge in [-0.15, -0.1) is 0 Å². The fourth-order valence-electron chi connectivity index (χ4n) is 2.80. The topological polar surface area (TPSA) is 61.8 Å². The highest BCUT2D eigenvalue weighted by Gasteiger charge is 2.35. The molecule has 1 aliphatic heterocycles. The van der Waals surface area contributed by atoms with Crippen molar-refractivity contribution in [3.63, 3.8) is 0 Å². The molecule has 112 valence electrons. The van der Waals surface area contributed by atoms with E-state index in [1.165, 1.54) is 0 Å². The van der Waals surface area contributed by atoms with Gasteiger partial charge in [-0.25, -0.2) is 0 Å².